The van der Waals surface area contributed by atoms with Gasteiger partial charge in [0.05, 0.1) is 0 Å². The summed E-state index contributed by atoms with van der Waals surface area (Å²) >= 11 is 0. The van der Waals surface area contributed by atoms with Crippen molar-refractivity contribution in [3.63, 3.8) is 0 Å². The topological polar surface area (TPSA) is 20.3 Å². The number of anilines is 1. The SMILES string of the molecule is CN(C)c1cccc2c1C/C(=C\C=C\c1ccccc1)C2=O. The van der Waals surface area contributed by atoms with Gasteiger partial charge in [-0.1, -0.05) is 60.7 Å². The van der Waals surface area contributed by atoms with Crippen LogP contribution >= 0.6 is 0 Å². The first-order chi connectivity index (χ1) is 10.7. The lowest BCUT2D eigenvalue weighted by atomic mass is 10.1. The Labute approximate surface area is 131 Å². The standard InChI is InChI=1S/C20H19NO/c1-21(2)19-13-7-12-17-18(19)14-16(20(17)22)11-6-10-15-8-4-3-5-9-15/h3-13H,14H2,1-2H3/b10-6+,16-11+. The van der Waals surface area contributed by atoms with Crippen molar-refractivity contribution in [3.8, 4) is 0 Å². The predicted molar refractivity (Wildman–Crippen MR) is 92.4 cm³/mol. The van der Waals surface area contributed by atoms with Crippen LogP contribution in [0.3, 0.4) is 0 Å². The zero-order chi connectivity index (χ0) is 15.5. The number of carbonyl (C=O) groups is 1. The minimum Gasteiger partial charge on any atom is -0.377 e. The van der Waals surface area contributed by atoms with E-state index in [9.17, 15) is 4.79 Å². The molecule has 0 radical (unpaired) electrons. The van der Waals surface area contributed by atoms with Crippen molar-refractivity contribution in [2.45, 2.75) is 6.42 Å². The van der Waals surface area contributed by atoms with Crippen LogP contribution in [0.2, 0.25) is 0 Å². The summed E-state index contributed by atoms with van der Waals surface area (Å²) in [5.74, 6) is 0.149. The summed E-state index contributed by atoms with van der Waals surface area (Å²) in [4.78, 5) is 14.6. The van der Waals surface area contributed by atoms with Crippen molar-refractivity contribution in [2.75, 3.05) is 19.0 Å². The molecule has 0 saturated carbocycles. The van der Waals surface area contributed by atoms with Crippen LogP contribution < -0.4 is 4.90 Å². The Hall–Kier alpha value is -2.61. The maximum atomic E-state index is 12.5. The minimum absolute atomic E-state index is 0.149. The lowest BCUT2D eigenvalue weighted by Crippen LogP contribution is -2.11. The maximum absolute atomic E-state index is 12.5. The Balaban J connectivity index is 1.86. The fourth-order valence-electron chi connectivity index (χ4n) is 2.81. The van der Waals surface area contributed by atoms with Gasteiger partial charge in [0.25, 0.3) is 0 Å². The molecule has 0 amide bonds. The Morgan fingerprint density at radius 1 is 1.00 bits per heavy atom. The molecule has 22 heavy (non-hydrogen) atoms. The number of carbonyl (C=O) groups excluding carboxylic acids is 1. The van der Waals surface area contributed by atoms with E-state index in [0.717, 1.165) is 28.0 Å². The summed E-state index contributed by atoms with van der Waals surface area (Å²) < 4.78 is 0. The second-order valence-electron chi connectivity index (χ2n) is 5.67. The van der Waals surface area contributed by atoms with Crippen LogP contribution in [0.5, 0.6) is 0 Å². The van der Waals surface area contributed by atoms with E-state index in [0.29, 0.717) is 6.42 Å². The number of nitrogens with zero attached hydrogens (tertiary/aromatic N) is 1. The van der Waals surface area contributed by atoms with E-state index in [-0.39, 0.29) is 5.78 Å². The zero-order valence-corrected chi connectivity index (χ0v) is 12.9. The third-order valence-corrected chi connectivity index (χ3v) is 3.92. The van der Waals surface area contributed by atoms with Gasteiger partial charge >= 0.3 is 0 Å². The van der Waals surface area contributed by atoms with Crippen molar-refractivity contribution in [2.24, 2.45) is 0 Å². The van der Waals surface area contributed by atoms with Crippen molar-refractivity contribution in [3.05, 3.63) is 82.9 Å². The lowest BCUT2D eigenvalue weighted by Gasteiger charge is -2.15. The zero-order valence-electron chi connectivity index (χ0n) is 12.9. The Morgan fingerprint density at radius 3 is 2.50 bits per heavy atom. The highest BCUT2D eigenvalue weighted by Crippen LogP contribution is 2.33. The van der Waals surface area contributed by atoms with Crippen LogP contribution in [0.1, 0.15) is 21.5 Å². The molecular weight excluding hydrogens is 270 g/mol. The fourth-order valence-corrected chi connectivity index (χ4v) is 2.81. The van der Waals surface area contributed by atoms with Gasteiger partial charge in [0.15, 0.2) is 5.78 Å². The van der Waals surface area contributed by atoms with Gasteiger partial charge in [-0.2, -0.15) is 0 Å². The first kappa shape index (κ1) is 14.3. The van der Waals surface area contributed by atoms with Gasteiger partial charge in [-0.3, -0.25) is 4.79 Å². The van der Waals surface area contributed by atoms with Crippen LogP contribution in [0.15, 0.2) is 66.3 Å². The molecule has 0 unspecified atom stereocenters. The van der Waals surface area contributed by atoms with Gasteiger partial charge in [0, 0.05) is 37.3 Å². The molecule has 0 heterocycles. The molecular formula is C20H19NO. The molecule has 3 rings (SSSR count). The van der Waals surface area contributed by atoms with E-state index in [1.54, 1.807) is 0 Å². The number of rotatable bonds is 3. The molecule has 2 heteroatoms. The number of hydrogen-bond acceptors (Lipinski definition) is 2. The molecule has 0 bridgehead atoms. The van der Waals surface area contributed by atoms with E-state index in [1.165, 1.54) is 0 Å². The molecule has 0 fully saturated rings. The highest BCUT2D eigenvalue weighted by Gasteiger charge is 2.26. The largest absolute Gasteiger partial charge is 0.377 e. The number of hydrogen-bond donors (Lipinski definition) is 0. The second kappa shape index (κ2) is 6.02. The average molecular weight is 289 g/mol. The monoisotopic (exact) mass is 289 g/mol. The molecule has 0 aliphatic heterocycles. The number of benzene rings is 2. The quantitative estimate of drug-likeness (QED) is 0.792. The van der Waals surface area contributed by atoms with E-state index in [1.807, 2.05) is 74.8 Å². The molecule has 0 aromatic heterocycles. The second-order valence-corrected chi connectivity index (χ2v) is 5.67. The third-order valence-electron chi connectivity index (χ3n) is 3.92. The first-order valence-corrected chi connectivity index (χ1v) is 7.43. The summed E-state index contributed by atoms with van der Waals surface area (Å²) in [5.41, 5.74) is 5.09. The molecule has 0 spiro atoms. The maximum Gasteiger partial charge on any atom is 0.189 e. The smallest absolute Gasteiger partial charge is 0.189 e. The van der Waals surface area contributed by atoms with E-state index in [4.69, 9.17) is 0 Å². The molecule has 2 nitrogen and oxygen atoms in total. The molecule has 1 aliphatic rings. The van der Waals surface area contributed by atoms with Crippen molar-refractivity contribution in [1.82, 2.24) is 0 Å². The Kier molecular flexibility index (Phi) is 3.92. The predicted octanol–water partition coefficient (Wildman–Crippen LogP) is 4.13. The Morgan fingerprint density at radius 2 is 1.77 bits per heavy atom. The summed E-state index contributed by atoms with van der Waals surface area (Å²) in [5, 5.41) is 0. The highest BCUT2D eigenvalue weighted by molar-refractivity contribution is 6.14. The number of ketones is 1. The number of fused-ring (bicyclic) bond motifs is 1. The van der Waals surface area contributed by atoms with Gasteiger partial charge in [-0.15, -0.1) is 0 Å². The molecule has 2 aromatic carbocycles. The van der Waals surface area contributed by atoms with Gasteiger partial charge in [0.2, 0.25) is 0 Å². The summed E-state index contributed by atoms with van der Waals surface area (Å²) in [6.45, 7) is 0. The van der Waals surface area contributed by atoms with Crippen LogP contribution in [0.4, 0.5) is 5.69 Å². The molecule has 2 aromatic rings. The lowest BCUT2D eigenvalue weighted by molar-refractivity contribution is 0.103. The average Bonchev–Trinajstić information content (AvgIpc) is 2.85. The van der Waals surface area contributed by atoms with Crippen molar-refractivity contribution < 1.29 is 4.79 Å². The van der Waals surface area contributed by atoms with Gasteiger partial charge in [-0.05, 0) is 17.2 Å². The van der Waals surface area contributed by atoms with Gasteiger partial charge in [0.1, 0.15) is 0 Å². The van der Waals surface area contributed by atoms with Crippen LogP contribution in [-0.2, 0) is 6.42 Å². The molecule has 0 N–H and O–H groups in total. The highest BCUT2D eigenvalue weighted by atomic mass is 16.1. The Bertz CT molecular complexity index is 755. The van der Waals surface area contributed by atoms with E-state index < -0.39 is 0 Å². The minimum atomic E-state index is 0.149. The molecule has 0 atom stereocenters. The summed E-state index contributed by atoms with van der Waals surface area (Å²) in [6, 6.07) is 16.0. The molecule has 1 aliphatic carbocycles. The summed E-state index contributed by atoms with van der Waals surface area (Å²) in [6.07, 6.45) is 6.64. The van der Waals surface area contributed by atoms with Crippen molar-refractivity contribution in [1.29, 1.82) is 0 Å². The number of allylic oxidation sites excluding steroid dienone is 3. The van der Waals surface area contributed by atoms with E-state index >= 15 is 0 Å². The van der Waals surface area contributed by atoms with Crippen LogP contribution in [0, 0.1) is 0 Å². The van der Waals surface area contributed by atoms with Gasteiger partial charge in [-0.25, -0.2) is 0 Å². The van der Waals surface area contributed by atoms with Gasteiger partial charge < -0.3 is 4.90 Å². The molecule has 0 saturated heterocycles. The van der Waals surface area contributed by atoms with Crippen LogP contribution in [-0.4, -0.2) is 19.9 Å². The normalized spacial score (nSPS) is 15.5. The third kappa shape index (κ3) is 2.73. The first-order valence-electron chi connectivity index (χ1n) is 7.43. The summed E-state index contributed by atoms with van der Waals surface area (Å²) in [7, 11) is 4.02. The fraction of sp³-hybridized carbons (Fsp3) is 0.150. The van der Waals surface area contributed by atoms with Crippen LogP contribution in [0.25, 0.3) is 6.08 Å². The van der Waals surface area contributed by atoms with Crippen molar-refractivity contribution >= 4 is 17.5 Å². The van der Waals surface area contributed by atoms with E-state index in [2.05, 4.69) is 11.0 Å². The number of Topliss-reactive ketones (excluding diaryl/α,β-unsaturated/α-hetero) is 1. The molecule has 110 valence electrons.